The second kappa shape index (κ2) is 4.25. The summed E-state index contributed by atoms with van der Waals surface area (Å²) < 4.78 is 3.14. The highest BCUT2D eigenvalue weighted by Gasteiger charge is 2.13. The van der Waals surface area contributed by atoms with Gasteiger partial charge in [0.05, 0.1) is 23.7 Å². The number of fused-ring (bicyclic) bond motifs is 1. The van der Waals surface area contributed by atoms with Gasteiger partial charge in [0.1, 0.15) is 0 Å². The molecule has 1 heterocycles. The van der Waals surface area contributed by atoms with Gasteiger partial charge in [-0.15, -0.1) is 0 Å². The first kappa shape index (κ1) is 11.7. The van der Waals surface area contributed by atoms with E-state index >= 15 is 0 Å². The number of imidazole rings is 1. The van der Waals surface area contributed by atoms with Crippen LogP contribution in [0.25, 0.3) is 11.0 Å². The molecule has 0 aliphatic heterocycles. The molecule has 0 saturated carbocycles. The lowest BCUT2D eigenvalue weighted by Crippen LogP contribution is -2.27. The minimum atomic E-state index is -0.514. The number of nitrogen functional groups attached to an aromatic ring is 1. The Hall–Kier alpha value is -1.75. The predicted octanol–water partition coefficient (Wildman–Crippen LogP) is 0.693. The van der Waals surface area contributed by atoms with Gasteiger partial charge in [0.2, 0.25) is 0 Å². The first-order valence-corrected chi connectivity index (χ1v) is 5.67. The summed E-state index contributed by atoms with van der Waals surface area (Å²) in [5.74, 6) is 0. The Kier molecular flexibility index (Phi) is 2.93. The Morgan fingerprint density at radius 3 is 2.76 bits per heavy atom. The molecule has 1 aromatic carbocycles. The summed E-state index contributed by atoms with van der Waals surface area (Å²) in [6, 6.07) is 5.35. The zero-order valence-electron chi connectivity index (χ0n) is 10.1. The van der Waals surface area contributed by atoms with Gasteiger partial charge in [-0.3, -0.25) is 9.13 Å². The van der Waals surface area contributed by atoms with Crippen LogP contribution in [0.2, 0.25) is 0 Å². The summed E-state index contributed by atoms with van der Waals surface area (Å²) >= 11 is 0. The van der Waals surface area contributed by atoms with Crippen molar-refractivity contribution < 1.29 is 5.11 Å². The average Bonchev–Trinajstić information content (AvgIpc) is 2.54. The summed E-state index contributed by atoms with van der Waals surface area (Å²) in [5.41, 5.74) is 7.81. The zero-order chi connectivity index (χ0) is 12.6. The van der Waals surface area contributed by atoms with Crippen molar-refractivity contribution in [3.63, 3.8) is 0 Å². The van der Waals surface area contributed by atoms with Crippen molar-refractivity contribution in [2.24, 2.45) is 7.05 Å². The lowest BCUT2D eigenvalue weighted by atomic mass is 10.2. The number of rotatable bonds is 3. The van der Waals surface area contributed by atoms with Gasteiger partial charge in [0.15, 0.2) is 0 Å². The van der Waals surface area contributed by atoms with Crippen LogP contribution < -0.4 is 11.4 Å². The highest BCUT2D eigenvalue weighted by molar-refractivity contribution is 5.79. The number of aryl methyl sites for hydroxylation is 1. The number of hydrogen-bond donors (Lipinski definition) is 2. The van der Waals surface area contributed by atoms with Gasteiger partial charge in [-0.05, 0) is 24.6 Å². The van der Waals surface area contributed by atoms with Crippen LogP contribution in [0.3, 0.4) is 0 Å². The molecule has 17 heavy (non-hydrogen) atoms. The van der Waals surface area contributed by atoms with Crippen molar-refractivity contribution in [3.8, 4) is 0 Å². The van der Waals surface area contributed by atoms with E-state index < -0.39 is 6.10 Å². The van der Waals surface area contributed by atoms with Crippen LogP contribution in [0, 0.1) is 0 Å². The zero-order valence-corrected chi connectivity index (χ0v) is 10.1. The lowest BCUT2D eigenvalue weighted by Gasteiger charge is -2.08. The quantitative estimate of drug-likeness (QED) is 0.769. The fourth-order valence-electron chi connectivity index (χ4n) is 1.94. The van der Waals surface area contributed by atoms with E-state index in [0.29, 0.717) is 18.7 Å². The van der Waals surface area contributed by atoms with Gasteiger partial charge in [0.25, 0.3) is 0 Å². The van der Waals surface area contributed by atoms with Gasteiger partial charge >= 0.3 is 5.69 Å². The van der Waals surface area contributed by atoms with E-state index in [4.69, 9.17) is 5.73 Å². The third-order valence-electron chi connectivity index (χ3n) is 3.03. The molecule has 2 aromatic rings. The second-order valence-electron chi connectivity index (χ2n) is 4.26. The van der Waals surface area contributed by atoms with E-state index in [2.05, 4.69) is 0 Å². The predicted molar refractivity (Wildman–Crippen MR) is 67.9 cm³/mol. The molecule has 0 bridgehead atoms. The van der Waals surface area contributed by atoms with Crippen molar-refractivity contribution in [3.05, 3.63) is 28.7 Å². The number of benzene rings is 1. The molecule has 5 nitrogen and oxygen atoms in total. The molecule has 0 aliphatic carbocycles. The van der Waals surface area contributed by atoms with Crippen LogP contribution in [-0.4, -0.2) is 20.3 Å². The van der Waals surface area contributed by atoms with E-state index in [1.54, 1.807) is 28.3 Å². The Balaban J connectivity index is 2.64. The molecule has 0 aliphatic rings. The molecular weight excluding hydrogens is 218 g/mol. The van der Waals surface area contributed by atoms with Crippen LogP contribution in [0.15, 0.2) is 23.0 Å². The number of nitrogens with zero attached hydrogens (tertiary/aromatic N) is 2. The van der Waals surface area contributed by atoms with Gasteiger partial charge in [-0.25, -0.2) is 4.79 Å². The highest BCUT2D eigenvalue weighted by atomic mass is 16.3. The van der Waals surface area contributed by atoms with Crippen LogP contribution >= 0.6 is 0 Å². The van der Waals surface area contributed by atoms with Gasteiger partial charge in [-0.2, -0.15) is 0 Å². The molecule has 0 radical (unpaired) electrons. The van der Waals surface area contributed by atoms with E-state index in [-0.39, 0.29) is 5.69 Å². The number of aliphatic hydroxyl groups is 1. The molecule has 0 fully saturated rings. The summed E-state index contributed by atoms with van der Waals surface area (Å²) in [4.78, 5) is 12.0. The minimum Gasteiger partial charge on any atom is -0.399 e. The van der Waals surface area contributed by atoms with Crippen LogP contribution in [0.1, 0.15) is 13.3 Å². The maximum atomic E-state index is 12.0. The third kappa shape index (κ3) is 1.93. The van der Waals surface area contributed by atoms with E-state index in [9.17, 15) is 9.90 Å². The molecule has 1 aromatic heterocycles. The van der Waals surface area contributed by atoms with Crippen molar-refractivity contribution in [2.75, 3.05) is 5.73 Å². The summed E-state index contributed by atoms with van der Waals surface area (Å²) in [6.45, 7) is 2.19. The second-order valence-corrected chi connectivity index (χ2v) is 4.26. The summed E-state index contributed by atoms with van der Waals surface area (Å²) in [6.07, 6.45) is 0.102. The highest BCUT2D eigenvalue weighted by Crippen LogP contribution is 2.16. The first-order valence-electron chi connectivity index (χ1n) is 5.67. The molecule has 2 rings (SSSR count). The Bertz CT molecular complexity index is 598. The van der Waals surface area contributed by atoms with Gasteiger partial charge < -0.3 is 10.8 Å². The number of aromatic nitrogens is 2. The Labute approximate surface area is 99.1 Å². The molecule has 5 heteroatoms. The van der Waals surface area contributed by atoms with Crippen molar-refractivity contribution in [1.29, 1.82) is 0 Å². The molecule has 0 saturated heterocycles. The van der Waals surface area contributed by atoms with Crippen molar-refractivity contribution in [2.45, 2.75) is 26.0 Å². The number of anilines is 1. The van der Waals surface area contributed by atoms with Gasteiger partial charge in [0, 0.05) is 12.7 Å². The number of nitrogens with two attached hydrogens (primary N) is 1. The molecule has 92 valence electrons. The molecule has 0 spiro atoms. The third-order valence-corrected chi connectivity index (χ3v) is 3.03. The largest absolute Gasteiger partial charge is 0.399 e. The van der Waals surface area contributed by atoms with Crippen LogP contribution in [0.5, 0.6) is 0 Å². The van der Waals surface area contributed by atoms with E-state index in [0.717, 1.165) is 11.0 Å². The monoisotopic (exact) mass is 235 g/mol. The summed E-state index contributed by atoms with van der Waals surface area (Å²) in [7, 11) is 1.72. The summed E-state index contributed by atoms with van der Waals surface area (Å²) in [5, 5.41) is 9.67. The minimum absolute atomic E-state index is 0.127. The lowest BCUT2D eigenvalue weighted by molar-refractivity contribution is 0.150. The Morgan fingerprint density at radius 1 is 1.41 bits per heavy atom. The van der Waals surface area contributed by atoms with E-state index in [1.807, 2.05) is 13.0 Å². The standard InChI is InChI=1S/C12H17N3O2/c1-3-9(16)7-15-11-6-8(13)4-5-10(11)14(2)12(15)17/h4-6,9,16H,3,7,13H2,1-2H3. The van der Waals surface area contributed by atoms with Crippen LogP contribution in [-0.2, 0) is 13.6 Å². The van der Waals surface area contributed by atoms with Crippen molar-refractivity contribution >= 4 is 16.7 Å². The van der Waals surface area contributed by atoms with Crippen LogP contribution in [0.4, 0.5) is 5.69 Å². The average molecular weight is 235 g/mol. The maximum absolute atomic E-state index is 12.0. The van der Waals surface area contributed by atoms with E-state index in [1.165, 1.54) is 0 Å². The first-order chi connectivity index (χ1) is 8.04. The van der Waals surface area contributed by atoms with Gasteiger partial charge in [-0.1, -0.05) is 6.92 Å². The number of hydrogen-bond acceptors (Lipinski definition) is 3. The number of aliphatic hydroxyl groups excluding tert-OH is 1. The molecule has 0 amide bonds. The maximum Gasteiger partial charge on any atom is 0.328 e. The molecular formula is C12H17N3O2. The topological polar surface area (TPSA) is 73.2 Å². The fraction of sp³-hybridized carbons (Fsp3) is 0.417. The molecule has 3 N–H and O–H groups in total. The van der Waals surface area contributed by atoms with Crippen molar-refractivity contribution in [1.82, 2.24) is 9.13 Å². The smallest absolute Gasteiger partial charge is 0.328 e. The normalized spacial score (nSPS) is 13.1. The molecule has 1 unspecified atom stereocenters. The molecule has 1 atom stereocenters. The Morgan fingerprint density at radius 2 is 2.12 bits per heavy atom. The fourth-order valence-corrected chi connectivity index (χ4v) is 1.94. The SMILES string of the molecule is CCC(O)Cn1c(=O)n(C)c2ccc(N)cc21.